The van der Waals surface area contributed by atoms with Gasteiger partial charge in [0.15, 0.2) is 0 Å². The highest BCUT2D eigenvalue weighted by atomic mass is 16.1. The molecule has 6 nitrogen and oxygen atoms in total. The zero-order valence-corrected chi connectivity index (χ0v) is 18.1. The normalized spacial score (nSPS) is 23.7. The lowest BCUT2D eigenvalue weighted by atomic mass is 9.72. The van der Waals surface area contributed by atoms with Crippen molar-refractivity contribution in [3.63, 3.8) is 0 Å². The fourth-order valence-corrected chi connectivity index (χ4v) is 5.58. The van der Waals surface area contributed by atoms with Crippen molar-refractivity contribution < 1.29 is 4.79 Å². The number of rotatable bonds is 5. The molecule has 2 N–H and O–H groups in total. The summed E-state index contributed by atoms with van der Waals surface area (Å²) in [4.78, 5) is 22.6. The molecule has 1 aromatic carbocycles. The minimum Gasteiger partial charge on any atom is -0.355 e. The molecule has 3 heterocycles. The first-order valence-corrected chi connectivity index (χ1v) is 11.1. The van der Waals surface area contributed by atoms with E-state index in [1.54, 1.807) is 6.33 Å². The van der Waals surface area contributed by atoms with E-state index in [9.17, 15) is 4.79 Å². The van der Waals surface area contributed by atoms with E-state index >= 15 is 0 Å². The van der Waals surface area contributed by atoms with Gasteiger partial charge in [-0.05, 0) is 50.9 Å². The number of imidazole rings is 1. The molecule has 2 aromatic heterocycles. The molecule has 0 bridgehead atoms. The van der Waals surface area contributed by atoms with E-state index in [0.29, 0.717) is 24.5 Å². The Balaban J connectivity index is 1.37. The van der Waals surface area contributed by atoms with Gasteiger partial charge in [0.1, 0.15) is 0 Å². The SMILES string of the molecule is CC(C)n1cc2c3c(cccc31)[C@H]1CC(C(=O)NCCc3c[nH]cn3)CN(C)[C@@H]1C2. The third-order valence-corrected chi connectivity index (χ3v) is 7.04. The van der Waals surface area contributed by atoms with Crippen molar-refractivity contribution in [2.45, 2.75) is 51.1 Å². The van der Waals surface area contributed by atoms with Crippen LogP contribution in [0, 0.1) is 5.92 Å². The zero-order chi connectivity index (χ0) is 20.8. The molecule has 1 aliphatic carbocycles. The van der Waals surface area contributed by atoms with E-state index in [1.165, 1.54) is 22.0 Å². The van der Waals surface area contributed by atoms with Crippen LogP contribution in [0.5, 0.6) is 0 Å². The molecule has 1 fully saturated rings. The molecule has 0 saturated carbocycles. The Morgan fingerprint density at radius 1 is 1.37 bits per heavy atom. The number of H-pyrrole nitrogens is 1. The van der Waals surface area contributed by atoms with Crippen molar-refractivity contribution in [2.24, 2.45) is 5.92 Å². The first kappa shape index (κ1) is 19.4. The maximum absolute atomic E-state index is 13.0. The maximum Gasteiger partial charge on any atom is 0.224 e. The van der Waals surface area contributed by atoms with Gasteiger partial charge < -0.3 is 19.8 Å². The number of carbonyl (C=O) groups is 1. The number of hydrogen-bond donors (Lipinski definition) is 2. The van der Waals surface area contributed by atoms with Crippen LogP contribution in [0.2, 0.25) is 0 Å². The number of piperidine rings is 1. The molecule has 30 heavy (non-hydrogen) atoms. The zero-order valence-electron chi connectivity index (χ0n) is 18.1. The molecule has 5 rings (SSSR count). The van der Waals surface area contributed by atoms with Crippen molar-refractivity contribution in [2.75, 3.05) is 20.1 Å². The third kappa shape index (κ3) is 3.23. The highest BCUT2D eigenvalue weighted by molar-refractivity contribution is 5.89. The van der Waals surface area contributed by atoms with Gasteiger partial charge in [0, 0.05) is 60.8 Å². The Morgan fingerprint density at radius 2 is 2.23 bits per heavy atom. The van der Waals surface area contributed by atoms with Gasteiger partial charge in [-0.15, -0.1) is 0 Å². The van der Waals surface area contributed by atoms with E-state index in [0.717, 1.165) is 31.5 Å². The Morgan fingerprint density at radius 3 is 3.00 bits per heavy atom. The molecule has 1 saturated heterocycles. The standard InChI is InChI=1S/C24H31N5O/c1-15(2)29-13-16-10-22-20(19-5-4-6-21(29)23(16)19)9-17(12-28(22)3)24(30)26-8-7-18-11-25-14-27-18/h4-6,11,13-15,17,20,22H,7-10,12H2,1-3H3,(H,25,27)(H,26,30)/t17?,20-,22-/m1/s1. The van der Waals surface area contributed by atoms with Gasteiger partial charge >= 0.3 is 0 Å². The highest BCUT2D eigenvalue weighted by Crippen LogP contribution is 2.45. The Hall–Kier alpha value is -2.60. The number of fused-ring (bicyclic) bond motifs is 2. The van der Waals surface area contributed by atoms with Crippen LogP contribution in [0.1, 0.15) is 49.0 Å². The molecule has 158 valence electrons. The summed E-state index contributed by atoms with van der Waals surface area (Å²) < 4.78 is 2.41. The summed E-state index contributed by atoms with van der Waals surface area (Å²) in [5.41, 5.74) is 5.21. The molecule has 2 aliphatic rings. The minimum atomic E-state index is 0.0272. The summed E-state index contributed by atoms with van der Waals surface area (Å²) in [7, 11) is 2.19. The number of aromatic amines is 1. The van der Waals surface area contributed by atoms with Crippen LogP contribution >= 0.6 is 0 Å². The molecule has 6 heteroatoms. The van der Waals surface area contributed by atoms with E-state index in [-0.39, 0.29) is 11.8 Å². The van der Waals surface area contributed by atoms with Gasteiger partial charge in [-0.25, -0.2) is 4.98 Å². The number of nitrogens with zero attached hydrogens (tertiary/aromatic N) is 3. The van der Waals surface area contributed by atoms with Crippen LogP contribution in [-0.4, -0.2) is 51.5 Å². The summed E-state index contributed by atoms with van der Waals surface area (Å²) in [6, 6.07) is 7.64. The van der Waals surface area contributed by atoms with E-state index < -0.39 is 0 Å². The van der Waals surface area contributed by atoms with E-state index in [4.69, 9.17) is 0 Å². The van der Waals surface area contributed by atoms with Crippen LogP contribution in [0.3, 0.4) is 0 Å². The second-order valence-corrected chi connectivity index (χ2v) is 9.25. The van der Waals surface area contributed by atoms with Crippen LogP contribution < -0.4 is 5.32 Å². The average Bonchev–Trinajstić information content (AvgIpc) is 3.37. The molecule has 1 amide bonds. The lowest BCUT2D eigenvalue weighted by Crippen LogP contribution is -2.51. The second kappa shape index (κ2) is 7.58. The summed E-state index contributed by atoms with van der Waals surface area (Å²) in [5, 5.41) is 4.58. The summed E-state index contributed by atoms with van der Waals surface area (Å²) in [5.74, 6) is 0.609. The van der Waals surface area contributed by atoms with Crippen molar-refractivity contribution in [3.05, 3.63) is 53.7 Å². The number of likely N-dealkylation sites (tertiary alicyclic amines) is 1. The Bertz CT molecular complexity index is 1050. The number of hydrogen-bond acceptors (Lipinski definition) is 3. The predicted octanol–water partition coefficient (Wildman–Crippen LogP) is 3.26. The number of amides is 1. The predicted molar refractivity (Wildman–Crippen MR) is 119 cm³/mol. The lowest BCUT2D eigenvalue weighted by Gasteiger charge is -2.45. The Kier molecular flexibility index (Phi) is 4.89. The Labute approximate surface area is 177 Å². The van der Waals surface area contributed by atoms with Gasteiger partial charge in [0.25, 0.3) is 0 Å². The van der Waals surface area contributed by atoms with Crippen molar-refractivity contribution in [1.82, 2.24) is 24.8 Å². The monoisotopic (exact) mass is 405 g/mol. The van der Waals surface area contributed by atoms with Crippen molar-refractivity contribution >= 4 is 16.8 Å². The smallest absolute Gasteiger partial charge is 0.224 e. The van der Waals surface area contributed by atoms with Gasteiger partial charge in [-0.3, -0.25) is 4.79 Å². The highest BCUT2D eigenvalue weighted by Gasteiger charge is 2.41. The fourth-order valence-electron chi connectivity index (χ4n) is 5.58. The molecular weight excluding hydrogens is 374 g/mol. The molecule has 0 spiro atoms. The molecule has 0 radical (unpaired) electrons. The van der Waals surface area contributed by atoms with Crippen LogP contribution in [-0.2, 0) is 17.6 Å². The molecular formula is C24H31N5O. The number of benzene rings is 1. The molecule has 1 aliphatic heterocycles. The third-order valence-electron chi connectivity index (χ3n) is 7.04. The molecule has 3 aromatic rings. The fraction of sp³-hybridized carbons (Fsp3) is 0.500. The first-order valence-electron chi connectivity index (χ1n) is 11.1. The quantitative estimate of drug-likeness (QED) is 0.685. The lowest BCUT2D eigenvalue weighted by molar-refractivity contribution is -0.127. The van der Waals surface area contributed by atoms with Crippen molar-refractivity contribution in [1.29, 1.82) is 0 Å². The number of nitrogens with one attached hydrogen (secondary N) is 2. The maximum atomic E-state index is 13.0. The largest absolute Gasteiger partial charge is 0.355 e. The number of likely N-dealkylation sites (N-methyl/N-ethyl adjacent to an activating group) is 1. The number of aromatic nitrogens is 3. The second-order valence-electron chi connectivity index (χ2n) is 9.25. The minimum absolute atomic E-state index is 0.0272. The van der Waals surface area contributed by atoms with Crippen LogP contribution in [0.4, 0.5) is 0 Å². The summed E-state index contributed by atoms with van der Waals surface area (Å²) in [6.07, 6.45) is 8.68. The molecule has 3 atom stereocenters. The van der Waals surface area contributed by atoms with Gasteiger partial charge in [0.05, 0.1) is 17.9 Å². The topological polar surface area (TPSA) is 66.0 Å². The van der Waals surface area contributed by atoms with Gasteiger partial charge in [-0.1, -0.05) is 12.1 Å². The summed E-state index contributed by atoms with van der Waals surface area (Å²) in [6.45, 7) is 5.95. The van der Waals surface area contributed by atoms with Gasteiger partial charge in [-0.2, -0.15) is 0 Å². The van der Waals surface area contributed by atoms with E-state index in [1.807, 2.05) is 6.20 Å². The van der Waals surface area contributed by atoms with Gasteiger partial charge in [0.2, 0.25) is 5.91 Å². The average molecular weight is 406 g/mol. The summed E-state index contributed by atoms with van der Waals surface area (Å²) >= 11 is 0. The van der Waals surface area contributed by atoms with Crippen LogP contribution in [0.15, 0.2) is 36.9 Å². The van der Waals surface area contributed by atoms with E-state index in [2.05, 4.69) is 70.0 Å². The molecule has 1 unspecified atom stereocenters. The van der Waals surface area contributed by atoms with Crippen LogP contribution in [0.25, 0.3) is 10.9 Å². The first-order chi connectivity index (χ1) is 14.5. The van der Waals surface area contributed by atoms with Crippen molar-refractivity contribution in [3.8, 4) is 0 Å². The number of carbonyl (C=O) groups excluding carboxylic acids is 1.